The number of hydrogen-bond acceptors (Lipinski definition) is 5. The number of unbranched alkanes of at least 4 members (excludes halogenated alkanes) is 6. The van der Waals surface area contributed by atoms with Gasteiger partial charge in [0.25, 0.3) is 0 Å². The number of carbonyl (C=O) groups excluding carboxylic acids is 2. The monoisotopic (exact) mass is 879 g/mol. The highest BCUT2D eigenvalue weighted by Crippen LogP contribution is 2.09. The van der Waals surface area contributed by atoms with Crippen molar-refractivity contribution in [2.45, 2.75) is 181 Å². The summed E-state index contributed by atoms with van der Waals surface area (Å²) in [4.78, 5) is 25.3. The first-order chi connectivity index (χ1) is 31.6. The van der Waals surface area contributed by atoms with Crippen LogP contribution in [-0.2, 0) is 23.8 Å². The maximum Gasteiger partial charge on any atom is 0.306 e. The smallest absolute Gasteiger partial charge is 0.306 e. The molecule has 0 aromatic carbocycles. The van der Waals surface area contributed by atoms with E-state index in [0.717, 1.165) is 135 Å². The molecule has 0 amide bonds. The highest BCUT2D eigenvalue weighted by atomic mass is 16.6. The van der Waals surface area contributed by atoms with Gasteiger partial charge in [-0.25, -0.2) is 0 Å². The van der Waals surface area contributed by atoms with Crippen molar-refractivity contribution < 1.29 is 23.8 Å². The normalized spacial score (nSPS) is 13.6. The Balaban J connectivity index is 4.50. The predicted octanol–water partition coefficient (Wildman–Crippen LogP) is 17.1. The van der Waals surface area contributed by atoms with Crippen LogP contribution in [0.3, 0.4) is 0 Å². The van der Waals surface area contributed by atoms with Gasteiger partial charge in [0.2, 0.25) is 0 Å². The zero-order chi connectivity index (χ0) is 46.3. The second-order valence-corrected chi connectivity index (χ2v) is 15.6. The predicted molar refractivity (Wildman–Crippen MR) is 278 cm³/mol. The summed E-state index contributed by atoms with van der Waals surface area (Å²) in [5.41, 5.74) is 0. The highest BCUT2D eigenvalue weighted by molar-refractivity contribution is 5.70. The van der Waals surface area contributed by atoms with Gasteiger partial charge in [0.15, 0.2) is 6.10 Å². The Kier molecular flexibility index (Phi) is 49.2. The van der Waals surface area contributed by atoms with Crippen molar-refractivity contribution >= 4 is 11.9 Å². The fraction of sp³-hybridized carbons (Fsp3) is 0.525. The van der Waals surface area contributed by atoms with Gasteiger partial charge in [-0.1, -0.05) is 192 Å². The van der Waals surface area contributed by atoms with Crippen LogP contribution in [0.4, 0.5) is 0 Å². The molecule has 0 rings (SSSR count). The van der Waals surface area contributed by atoms with E-state index in [9.17, 15) is 9.59 Å². The molecule has 0 aromatic heterocycles. The van der Waals surface area contributed by atoms with Crippen molar-refractivity contribution in [2.24, 2.45) is 0 Å². The number of allylic oxidation sites excluding steroid dienone is 26. The summed E-state index contributed by atoms with van der Waals surface area (Å²) in [5.74, 6) is -0.571. The first-order valence-corrected chi connectivity index (χ1v) is 25.0. The standard InChI is InChI=1S/C59H90O5/c1-4-7-10-13-16-19-22-25-27-28-29-30-31-33-36-39-42-45-48-51-54-62-55-57(64-59(61)53-50-47-44-41-38-34-24-21-18-15-12-9-6-3)56-63-58(60)52-49-46-43-40-37-35-32-26-23-20-17-14-11-8-5-2/h7-12,16-21,25-27,29-30,32-34,36-38,40,44,47,57H,4-6,13-15,22-24,28,31,35,39,41-43,45-46,48-56H2,1-3H3/b10-7-,11-8-,12-9-,19-16-,20-17-,21-18-,27-25-,30-29-,32-26-,36-33-,38-34-,40-37-,47-44-. The van der Waals surface area contributed by atoms with Crippen LogP contribution in [0.1, 0.15) is 175 Å². The summed E-state index contributed by atoms with van der Waals surface area (Å²) in [6, 6.07) is 0. The molecule has 0 bridgehead atoms. The Morgan fingerprint density at radius 3 is 1.09 bits per heavy atom. The molecule has 1 atom stereocenters. The van der Waals surface area contributed by atoms with E-state index in [0.29, 0.717) is 19.4 Å². The molecule has 1 unspecified atom stereocenters. The lowest BCUT2D eigenvalue weighted by Gasteiger charge is -2.18. The molecule has 0 fully saturated rings. The van der Waals surface area contributed by atoms with Gasteiger partial charge in [-0.15, -0.1) is 0 Å². The minimum atomic E-state index is -0.617. The van der Waals surface area contributed by atoms with Gasteiger partial charge in [0, 0.05) is 19.4 Å². The summed E-state index contributed by atoms with van der Waals surface area (Å²) in [7, 11) is 0. The molecule has 5 nitrogen and oxygen atoms in total. The van der Waals surface area contributed by atoms with Crippen molar-refractivity contribution in [1.29, 1.82) is 0 Å². The van der Waals surface area contributed by atoms with Gasteiger partial charge >= 0.3 is 11.9 Å². The van der Waals surface area contributed by atoms with E-state index < -0.39 is 6.10 Å². The second kappa shape index (κ2) is 52.9. The number of carbonyl (C=O) groups is 2. The second-order valence-electron chi connectivity index (χ2n) is 15.6. The zero-order valence-electron chi connectivity index (χ0n) is 40.7. The van der Waals surface area contributed by atoms with Crippen molar-refractivity contribution in [2.75, 3.05) is 19.8 Å². The van der Waals surface area contributed by atoms with Crippen molar-refractivity contribution in [3.8, 4) is 0 Å². The van der Waals surface area contributed by atoms with E-state index in [1.54, 1.807) is 0 Å². The van der Waals surface area contributed by atoms with E-state index in [2.05, 4.69) is 173 Å². The molecule has 5 heteroatoms. The van der Waals surface area contributed by atoms with Crippen LogP contribution in [0.5, 0.6) is 0 Å². The Hall–Kier alpha value is -4.48. The molecule has 0 aliphatic rings. The summed E-state index contributed by atoms with van der Waals surface area (Å²) >= 11 is 0. The van der Waals surface area contributed by atoms with E-state index in [1.165, 1.54) is 0 Å². The number of ether oxygens (including phenoxy) is 3. The molecule has 0 aromatic rings. The van der Waals surface area contributed by atoms with Crippen LogP contribution in [0.25, 0.3) is 0 Å². The minimum absolute atomic E-state index is 0.0126. The maximum absolute atomic E-state index is 12.7. The molecule has 0 saturated carbocycles. The molecule has 356 valence electrons. The third kappa shape index (κ3) is 50.2. The molecular weight excluding hydrogens is 789 g/mol. The Labute approximate surface area is 393 Å². The van der Waals surface area contributed by atoms with Crippen LogP contribution in [-0.4, -0.2) is 37.9 Å². The van der Waals surface area contributed by atoms with E-state index >= 15 is 0 Å². The first-order valence-electron chi connectivity index (χ1n) is 25.0. The molecular formula is C59H90O5. The van der Waals surface area contributed by atoms with E-state index in [1.807, 2.05) is 6.08 Å². The molecule has 0 aliphatic carbocycles. The largest absolute Gasteiger partial charge is 0.462 e. The third-order valence-corrected chi connectivity index (χ3v) is 9.55. The Morgan fingerprint density at radius 1 is 0.344 bits per heavy atom. The van der Waals surface area contributed by atoms with Crippen LogP contribution in [0.2, 0.25) is 0 Å². The molecule has 0 spiro atoms. The van der Waals surface area contributed by atoms with Gasteiger partial charge in [0.05, 0.1) is 6.61 Å². The Morgan fingerprint density at radius 2 is 0.688 bits per heavy atom. The minimum Gasteiger partial charge on any atom is -0.462 e. The molecule has 0 aliphatic heterocycles. The van der Waals surface area contributed by atoms with Gasteiger partial charge in [-0.05, 0) is 128 Å². The third-order valence-electron chi connectivity index (χ3n) is 9.55. The fourth-order valence-electron chi connectivity index (χ4n) is 5.95. The SMILES string of the molecule is CC/C=C\C/C=C\C/C=C\C/C=C\C/C=C\CCCCCCOCC(COC(=O)CCCC/C=C\C/C=C\C/C=C\C/C=C\CC)OC(=O)CC/C=C\C/C=C\C/C=C\C/C=C\CC. The van der Waals surface area contributed by atoms with Gasteiger partial charge in [0.1, 0.15) is 6.61 Å². The number of esters is 2. The molecule has 64 heavy (non-hydrogen) atoms. The van der Waals surface area contributed by atoms with Gasteiger partial charge in [-0.2, -0.15) is 0 Å². The molecule has 0 heterocycles. The average Bonchev–Trinajstić information content (AvgIpc) is 3.30. The van der Waals surface area contributed by atoms with Crippen LogP contribution >= 0.6 is 0 Å². The molecule has 0 saturated heterocycles. The molecule has 0 N–H and O–H groups in total. The van der Waals surface area contributed by atoms with Crippen molar-refractivity contribution in [3.05, 3.63) is 158 Å². The summed E-state index contributed by atoms with van der Waals surface area (Å²) in [6.45, 7) is 7.26. The highest BCUT2D eigenvalue weighted by Gasteiger charge is 2.17. The van der Waals surface area contributed by atoms with Crippen LogP contribution in [0.15, 0.2) is 158 Å². The Bertz CT molecular complexity index is 1460. The quantitative estimate of drug-likeness (QED) is 0.0347. The average molecular weight is 879 g/mol. The lowest BCUT2D eigenvalue weighted by Crippen LogP contribution is -2.30. The van der Waals surface area contributed by atoms with Crippen LogP contribution < -0.4 is 0 Å². The van der Waals surface area contributed by atoms with Gasteiger partial charge in [-0.3, -0.25) is 9.59 Å². The number of hydrogen-bond donors (Lipinski definition) is 0. The summed E-state index contributed by atoms with van der Waals surface area (Å²) < 4.78 is 17.2. The van der Waals surface area contributed by atoms with E-state index in [-0.39, 0.29) is 31.6 Å². The number of rotatable bonds is 43. The topological polar surface area (TPSA) is 61.8 Å². The summed E-state index contributed by atoms with van der Waals surface area (Å²) in [5, 5.41) is 0. The van der Waals surface area contributed by atoms with Gasteiger partial charge < -0.3 is 14.2 Å². The lowest BCUT2D eigenvalue weighted by atomic mass is 10.1. The van der Waals surface area contributed by atoms with Crippen molar-refractivity contribution in [3.63, 3.8) is 0 Å². The molecule has 0 radical (unpaired) electrons. The zero-order valence-corrected chi connectivity index (χ0v) is 40.7. The first kappa shape index (κ1) is 59.5. The fourth-order valence-corrected chi connectivity index (χ4v) is 5.95. The summed E-state index contributed by atoms with van der Waals surface area (Å²) in [6.07, 6.45) is 78.4. The maximum atomic E-state index is 12.7. The van der Waals surface area contributed by atoms with Crippen molar-refractivity contribution in [1.82, 2.24) is 0 Å². The van der Waals surface area contributed by atoms with Crippen LogP contribution in [0, 0.1) is 0 Å². The lowest BCUT2D eigenvalue weighted by molar-refractivity contribution is -0.162. The van der Waals surface area contributed by atoms with E-state index in [4.69, 9.17) is 14.2 Å².